The van der Waals surface area contributed by atoms with Crippen molar-refractivity contribution in [3.05, 3.63) is 63.1 Å². The molecule has 2 rings (SSSR count). The van der Waals surface area contributed by atoms with Crippen LogP contribution in [-0.2, 0) is 9.53 Å². The van der Waals surface area contributed by atoms with Crippen LogP contribution in [0.5, 0.6) is 5.75 Å². The van der Waals surface area contributed by atoms with Crippen LogP contribution in [0.2, 0.25) is 0 Å². The van der Waals surface area contributed by atoms with Gasteiger partial charge in [0.05, 0.1) is 4.47 Å². The number of hydrogen-bond acceptors (Lipinski definition) is 6. The van der Waals surface area contributed by atoms with E-state index in [0.29, 0.717) is 33.0 Å². The van der Waals surface area contributed by atoms with Crippen molar-refractivity contribution in [3.63, 3.8) is 0 Å². The molecule has 2 atom stereocenters. The first-order valence-electron chi connectivity index (χ1n) is 9.65. The number of thioether (sulfide) groups is 1. The highest BCUT2D eigenvalue weighted by Gasteiger charge is 2.27. The van der Waals surface area contributed by atoms with Crippen molar-refractivity contribution in [2.45, 2.75) is 30.8 Å². The molecule has 0 saturated heterocycles. The molecule has 4 N–H and O–H groups in total. The number of carbonyl (C=O) groups is 2. The van der Waals surface area contributed by atoms with E-state index in [1.807, 2.05) is 25.3 Å². The Morgan fingerprint density at radius 1 is 1.22 bits per heavy atom. The first-order valence-corrected chi connectivity index (χ1v) is 12.5. The van der Waals surface area contributed by atoms with E-state index in [9.17, 15) is 14.7 Å². The van der Waals surface area contributed by atoms with Gasteiger partial charge in [-0.2, -0.15) is 0 Å². The summed E-state index contributed by atoms with van der Waals surface area (Å²) >= 11 is 8.33. The molecule has 172 valence electrons. The topological polar surface area (TPSA) is 108 Å². The van der Waals surface area contributed by atoms with E-state index in [4.69, 9.17) is 9.94 Å². The van der Waals surface area contributed by atoms with Crippen LogP contribution in [0.3, 0.4) is 0 Å². The summed E-state index contributed by atoms with van der Waals surface area (Å²) in [6.45, 7) is 1.89. The van der Waals surface area contributed by atoms with E-state index in [0.717, 1.165) is 4.90 Å². The second-order valence-electron chi connectivity index (χ2n) is 6.94. The summed E-state index contributed by atoms with van der Waals surface area (Å²) < 4.78 is 6.93. The number of ether oxygens (including phenoxy) is 1. The highest BCUT2D eigenvalue weighted by molar-refractivity contribution is 9.11. The Morgan fingerprint density at radius 3 is 2.53 bits per heavy atom. The molecule has 0 bridgehead atoms. The molecular formula is C22H24Br2N2O5S. The molecule has 2 aromatic carbocycles. The van der Waals surface area contributed by atoms with Gasteiger partial charge in [0.15, 0.2) is 0 Å². The Bertz CT molecular complexity index is 970. The number of allylic oxidation sites excluding steroid dienone is 1. The number of hydroxylamine groups is 1. The Morgan fingerprint density at radius 2 is 1.91 bits per heavy atom. The number of phenols is 1. The predicted octanol–water partition coefficient (Wildman–Crippen LogP) is 6.41. The van der Waals surface area contributed by atoms with Gasteiger partial charge in [-0.3, -0.25) is 15.3 Å². The first-order chi connectivity index (χ1) is 15.2. The lowest BCUT2D eigenvalue weighted by molar-refractivity contribution is -0.124. The molecule has 0 radical (unpaired) electrons. The Kier molecular flexibility index (Phi) is 10.6. The van der Waals surface area contributed by atoms with Gasteiger partial charge in [-0.15, -0.1) is 11.8 Å². The average Bonchev–Trinajstić information content (AvgIpc) is 2.77. The van der Waals surface area contributed by atoms with E-state index in [1.165, 1.54) is 11.6 Å². The number of nitrogens with one attached hydrogen (secondary N) is 2. The molecule has 0 heterocycles. The normalized spacial score (nSPS) is 12.9. The Hall–Kier alpha value is -2.01. The smallest absolute Gasteiger partial charge is 0.412 e. The van der Waals surface area contributed by atoms with Crippen molar-refractivity contribution in [1.29, 1.82) is 0 Å². The van der Waals surface area contributed by atoms with Crippen LogP contribution in [0.15, 0.2) is 62.4 Å². The SMILES string of the molecule is CSc1ccc(NC(=O)O[C@@H](c2cc(Br)cc(Br)c2O)[C@@H](C)CC/C=C/C(=O)NO)cc1. The van der Waals surface area contributed by atoms with E-state index < -0.39 is 18.1 Å². The summed E-state index contributed by atoms with van der Waals surface area (Å²) in [5, 5.41) is 21.9. The van der Waals surface area contributed by atoms with Crippen LogP contribution < -0.4 is 10.8 Å². The monoisotopic (exact) mass is 586 g/mol. The lowest BCUT2D eigenvalue weighted by Crippen LogP contribution is -2.22. The molecule has 0 fully saturated rings. The highest BCUT2D eigenvalue weighted by atomic mass is 79.9. The lowest BCUT2D eigenvalue weighted by Gasteiger charge is -2.26. The van der Waals surface area contributed by atoms with Crippen LogP contribution in [-0.4, -0.2) is 28.6 Å². The highest BCUT2D eigenvalue weighted by Crippen LogP contribution is 2.40. The van der Waals surface area contributed by atoms with Crippen molar-refractivity contribution < 1.29 is 24.6 Å². The maximum atomic E-state index is 12.7. The zero-order valence-electron chi connectivity index (χ0n) is 17.5. The number of anilines is 1. The van der Waals surface area contributed by atoms with Crippen molar-refractivity contribution >= 4 is 61.3 Å². The van der Waals surface area contributed by atoms with Gasteiger partial charge in [-0.05, 0) is 77.3 Å². The number of phenolic OH excluding ortho intramolecular Hbond substituents is 1. The minimum Gasteiger partial charge on any atom is -0.506 e. The number of halogens is 2. The Balaban J connectivity index is 2.20. The molecule has 32 heavy (non-hydrogen) atoms. The molecule has 2 amide bonds. The molecule has 0 aliphatic heterocycles. The van der Waals surface area contributed by atoms with Crippen LogP contribution in [0.1, 0.15) is 31.4 Å². The van der Waals surface area contributed by atoms with Crippen molar-refractivity contribution in [2.24, 2.45) is 5.92 Å². The second kappa shape index (κ2) is 12.9. The summed E-state index contributed by atoms with van der Waals surface area (Å²) in [4.78, 5) is 24.8. The maximum Gasteiger partial charge on any atom is 0.412 e. The quantitative estimate of drug-likeness (QED) is 0.117. The van der Waals surface area contributed by atoms with E-state index in [-0.39, 0.29) is 11.7 Å². The molecule has 10 heteroatoms. The zero-order chi connectivity index (χ0) is 23.7. The van der Waals surface area contributed by atoms with Crippen molar-refractivity contribution in [2.75, 3.05) is 11.6 Å². The minimum atomic E-state index is -0.755. The molecule has 0 spiro atoms. The zero-order valence-corrected chi connectivity index (χ0v) is 21.5. The fourth-order valence-corrected chi connectivity index (χ4v) is 4.63. The van der Waals surface area contributed by atoms with Gasteiger partial charge < -0.3 is 9.84 Å². The molecule has 0 saturated carbocycles. The molecule has 0 aliphatic rings. The predicted molar refractivity (Wildman–Crippen MR) is 132 cm³/mol. The van der Waals surface area contributed by atoms with Gasteiger partial charge in [0.1, 0.15) is 11.9 Å². The van der Waals surface area contributed by atoms with Gasteiger partial charge in [-0.1, -0.05) is 28.9 Å². The lowest BCUT2D eigenvalue weighted by atomic mass is 9.92. The molecule has 0 aromatic heterocycles. The third-order valence-corrected chi connectivity index (χ3v) is 6.43. The molecular weight excluding hydrogens is 564 g/mol. The number of amides is 2. The van der Waals surface area contributed by atoms with Gasteiger partial charge in [-0.25, -0.2) is 10.3 Å². The molecule has 7 nitrogen and oxygen atoms in total. The summed E-state index contributed by atoms with van der Waals surface area (Å²) in [5.74, 6) is -0.836. The van der Waals surface area contributed by atoms with Gasteiger partial charge in [0.2, 0.25) is 0 Å². The van der Waals surface area contributed by atoms with Gasteiger partial charge in [0, 0.05) is 26.7 Å². The number of rotatable bonds is 9. The summed E-state index contributed by atoms with van der Waals surface area (Å²) in [6, 6.07) is 10.8. The average molecular weight is 588 g/mol. The minimum absolute atomic E-state index is 0.0163. The van der Waals surface area contributed by atoms with Crippen LogP contribution in [0.4, 0.5) is 10.5 Å². The third-order valence-electron chi connectivity index (χ3n) is 4.62. The van der Waals surface area contributed by atoms with E-state index in [2.05, 4.69) is 37.2 Å². The number of aromatic hydroxyl groups is 1. The number of carbonyl (C=O) groups excluding carboxylic acids is 2. The maximum absolute atomic E-state index is 12.7. The van der Waals surface area contributed by atoms with E-state index in [1.54, 1.807) is 42.1 Å². The number of hydrogen-bond donors (Lipinski definition) is 4. The number of benzene rings is 2. The molecule has 0 unspecified atom stereocenters. The van der Waals surface area contributed by atoms with Crippen molar-refractivity contribution in [1.82, 2.24) is 5.48 Å². The standard InChI is InChI=1S/C22H24Br2N2O5S/c1-13(5-3-4-6-19(27)26-30)21(17-11-14(23)12-18(24)20(17)28)31-22(29)25-15-7-9-16(32-2)10-8-15/h4,6-13,21,28,30H,3,5H2,1-2H3,(H,25,29)(H,26,27)/b6-4+/t13-,21+/m0/s1. The summed E-state index contributed by atoms with van der Waals surface area (Å²) in [5.41, 5.74) is 2.57. The van der Waals surface area contributed by atoms with Crippen LogP contribution >= 0.6 is 43.6 Å². The summed E-state index contributed by atoms with van der Waals surface area (Å²) in [6.07, 6.45) is 4.46. The first kappa shape index (κ1) is 26.2. The molecule has 2 aromatic rings. The van der Waals surface area contributed by atoms with Crippen LogP contribution in [0, 0.1) is 5.92 Å². The van der Waals surface area contributed by atoms with Crippen molar-refractivity contribution in [3.8, 4) is 5.75 Å². The van der Waals surface area contributed by atoms with Gasteiger partial charge >= 0.3 is 6.09 Å². The van der Waals surface area contributed by atoms with E-state index >= 15 is 0 Å². The summed E-state index contributed by atoms with van der Waals surface area (Å²) in [7, 11) is 0. The van der Waals surface area contributed by atoms with Gasteiger partial charge in [0.25, 0.3) is 5.91 Å². The second-order valence-corrected chi connectivity index (χ2v) is 9.59. The fraction of sp³-hybridized carbons (Fsp3) is 0.273. The third kappa shape index (κ3) is 7.84. The Labute approximate surface area is 207 Å². The largest absolute Gasteiger partial charge is 0.506 e. The molecule has 0 aliphatic carbocycles. The fourth-order valence-electron chi connectivity index (χ4n) is 2.96. The van der Waals surface area contributed by atoms with Crippen LogP contribution in [0.25, 0.3) is 0 Å².